The van der Waals surface area contributed by atoms with Gasteiger partial charge in [-0.05, 0) is 85.8 Å². The van der Waals surface area contributed by atoms with Crippen LogP contribution in [0.3, 0.4) is 0 Å². The molecule has 5 nitrogen and oxygen atoms in total. The number of hydrogen-bond acceptors (Lipinski definition) is 6. The molecule has 0 saturated carbocycles. The number of hydrogen-bond donors (Lipinski definition) is 3. The van der Waals surface area contributed by atoms with Crippen LogP contribution >= 0.6 is 11.9 Å². The van der Waals surface area contributed by atoms with Gasteiger partial charge in [0.1, 0.15) is 5.82 Å². The molecule has 2 aromatic rings. The number of benzene rings is 2. The van der Waals surface area contributed by atoms with Crippen molar-refractivity contribution in [3.05, 3.63) is 71.7 Å². The molecule has 0 unspecified atom stereocenters. The highest BCUT2D eigenvalue weighted by Crippen LogP contribution is 2.20. The molecular weight excluding hydrogens is 377 g/mol. The van der Waals surface area contributed by atoms with Crippen LogP contribution in [0.2, 0.25) is 0 Å². The molecule has 0 aliphatic carbocycles. The Morgan fingerprint density at radius 1 is 1.07 bits per heavy atom. The summed E-state index contributed by atoms with van der Waals surface area (Å²) in [7, 11) is 0. The molecule has 2 aromatic carbocycles. The van der Waals surface area contributed by atoms with Crippen molar-refractivity contribution in [2.24, 2.45) is 15.9 Å². The largest absolute Gasteiger partial charge is 0.400 e. The van der Waals surface area contributed by atoms with Crippen molar-refractivity contribution in [2.45, 2.75) is 24.2 Å². The molecule has 0 aromatic heterocycles. The second-order valence-corrected chi connectivity index (χ2v) is 6.88. The number of aliphatic hydroxyl groups is 1. The Labute approximate surface area is 169 Å². The molecule has 7 heteroatoms. The van der Waals surface area contributed by atoms with Crippen LogP contribution in [0, 0.1) is 5.82 Å². The predicted octanol–water partition coefficient (Wildman–Crippen LogP) is 3.93. The van der Waals surface area contributed by atoms with E-state index >= 15 is 0 Å². The van der Waals surface area contributed by atoms with Gasteiger partial charge in [-0.1, -0.05) is 0 Å². The predicted molar refractivity (Wildman–Crippen MR) is 113 cm³/mol. The monoisotopic (exact) mass is 403 g/mol. The van der Waals surface area contributed by atoms with Crippen LogP contribution in [-0.4, -0.2) is 30.6 Å². The molecule has 0 amide bonds. The van der Waals surface area contributed by atoms with Gasteiger partial charge in [-0.2, -0.15) is 0 Å². The number of ether oxygens (including phenoxy) is 1. The van der Waals surface area contributed by atoms with E-state index in [-0.39, 0.29) is 19.0 Å². The lowest BCUT2D eigenvalue weighted by atomic mass is 10.1. The van der Waals surface area contributed by atoms with Gasteiger partial charge in [-0.3, -0.25) is 5.14 Å². The van der Waals surface area contributed by atoms with Crippen LogP contribution < -0.4 is 10.9 Å². The lowest BCUT2D eigenvalue weighted by Gasteiger charge is -2.07. The maximum atomic E-state index is 13.3. The van der Waals surface area contributed by atoms with Crippen molar-refractivity contribution in [3.63, 3.8) is 0 Å². The van der Waals surface area contributed by atoms with Crippen LogP contribution in [-0.2, 0) is 4.74 Å². The Kier molecular flexibility index (Phi) is 9.71. The quantitative estimate of drug-likeness (QED) is 0.300. The van der Waals surface area contributed by atoms with E-state index in [0.29, 0.717) is 18.0 Å². The Bertz CT molecular complexity index is 777. The van der Waals surface area contributed by atoms with Crippen LogP contribution in [0.25, 0.3) is 0 Å². The van der Waals surface area contributed by atoms with Crippen molar-refractivity contribution in [1.82, 2.24) is 0 Å². The van der Waals surface area contributed by atoms with E-state index in [2.05, 4.69) is 4.99 Å². The van der Waals surface area contributed by atoms with Gasteiger partial charge >= 0.3 is 0 Å². The molecule has 0 heterocycles. The summed E-state index contributed by atoms with van der Waals surface area (Å²) >= 11 is 1.17. The molecule has 0 aliphatic heterocycles. The van der Waals surface area contributed by atoms with E-state index in [1.54, 1.807) is 18.2 Å². The Hall–Kier alpha value is -2.19. The molecule has 0 bridgehead atoms. The summed E-state index contributed by atoms with van der Waals surface area (Å²) in [5.74, 6) is -0.310. The fourth-order valence-electron chi connectivity index (χ4n) is 2.44. The Balaban J connectivity index is 2.13. The van der Waals surface area contributed by atoms with Gasteiger partial charge in [-0.25, -0.2) is 9.38 Å². The fraction of sp³-hybridized carbons (Fsp3) is 0.286. The third-order valence-corrected chi connectivity index (χ3v) is 4.44. The van der Waals surface area contributed by atoms with Gasteiger partial charge < -0.3 is 15.6 Å². The molecule has 0 radical (unpaired) electrons. The highest BCUT2D eigenvalue weighted by molar-refractivity contribution is 7.97. The smallest absolute Gasteiger partial charge is 0.123 e. The molecule has 0 spiro atoms. The topological polar surface area (TPSA) is 93.9 Å². The van der Waals surface area contributed by atoms with Gasteiger partial charge in [0.2, 0.25) is 0 Å². The van der Waals surface area contributed by atoms with Gasteiger partial charge in [0.05, 0.1) is 18.0 Å². The minimum Gasteiger partial charge on any atom is -0.400 e. The molecule has 150 valence electrons. The number of rotatable bonds is 11. The van der Waals surface area contributed by atoms with E-state index in [1.165, 1.54) is 24.1 Å². The third kappa shape index (κ3) is 7.82. The highest BCUT2D eigenvalue weighted by atomic mass is 32.2. The zero-order valence-corrected chi connectivity index (χ0v) is 16.5. The van der Waals surface area contributed by atoms with Crippen LogP contribution in [0.4, 0.5) is 10.1 Å². The summed E-state index contributed by atoms with van der Waals surface area (Å²) in [6.07, 6.45) is 4.31. The van der Waals surface area contributed by atoms with Gasteiger partial charge in [0, 0.05) is 29.4 Å². The standard InChI is InChI=1S/C21H26FN3O2S/c22-17-6-4-16(5-7-17)21(25-19-8-10-20(28-24)11-9-19)14-18(23)15-27-13-3-1-2-12-26/h4-11,14,26H,1-3,12-13,15,23-24H2/b18-14-,25-21?. The Morgan fingerprint density at radius 3 is 2.43 bits per heavy atom. The van der Waals surface area contributed by atoms with E-state index in [4.69, 9.17) is 20.7 Å². The van der Waals surface area contributed by atoms with Crippen LogP contribution in [0.5, 0.6) is 0 Å². The molecule has 0 saturated heterocycles. The zero-order valence-electron chi connectivity index (χ0n) is 15.7. The van der Waals surface area contributed by atoms with Crippen LogP contribution in [0.1, 0.15) is 24.8 Å². The van der Waals surface area contributed by atoms with Crippen molar-refractivity contribution in [1.29, 1.82) is 0 Å². The molecule has 0 aliphatic rings. The van der Waals surface area contributed by atoms with Gasteiger partial charge in [-0.15, -0.1) is 0 Å². The van der Waals surface area contributed by atoms with Crippen molar-refractivity contribution < 1.29 is 14.2 Å². The average molecular weight is 404 g/mol. The maximum Gasteiger partial charge on any atom is 0.123 e. The molecule has 2 rings (SSSR count). The summed E-state index contributed by atoms with van der Waals surface area (Å²) in [5.41, 5.74) is 8.75. The summed E-state index contributed by atoms with van der Waals surface area (Å²) < 4.78 is 18.9. The second-order valence-electron chi connectivity index (χ2n) is 6.17. The average Bonchev–Trinajstić information content (AvgIpc) is 2.71. The van der Waals surface area contributed by atoms with Crippen molar-refractivity contribution in [3.8, 4) is 0 Å². The van der Waals surface area contributed by atoms with Gasteiger partial charge in [0.25, 0.3) is 0 Å². The minimum atomic E-state index is -0.310. The Morgan fingerprint density at radius 2 is 1.79 bits per heavy atom. The van der Waals surface area contributed by atoms with E-state index in [0.717, 1.165) is 35.4 Å². The highest BCUT2D eigenvalue weighted by Gasteiger charge is 2.04. The maximum absolute atomic E-state index is 13.3. The lowest BCUT2D eigenvalue weighted by molar-refractivity contribution is 0.148. The summed E-state index contributed by atoms with van der Waals surface area (Å²) in [6.45, 7) is 1.06. The zero-order chi connectivity index (χ0) is 20.2. The van der Waals surface area contributed by atoms with E-state index in [9.17, 15) is 4.39 Å². The first-order chi connectivity index (χ1) is 13.6. The molecule has 0 atom stereocenters. The summed E-state index contributed by atoms with van der Waals surface area (Å²) in [4.78, 5) is 5.58. The normalized spacial score (nSPS) is 12.4. The summed E-state index contributed by atoms with van der Waals surface area (Å²) in [5, 5.41) is 14.3. The van der Waals surface area contributed by atoms with E-state index < -0.39 is 0 Å². The fourth-order valence-corrected chi connectivity index (χ4v) is 2.73. The SMILES string of the molecule is NSc1ccc(N=C(/C=C(\N)COCCCCCO)c2ccc(F)cc2)cc1. The minimum absolute atomic E-state index is 0.199. The number of nitrogens with two attached hydrogens (primary N) is 2. The first kappa shape index (κ1) is 22.1. The number of halogens is 1. The molecule has 5 N–H and O–H groups in total. The number of nitrogens with zero attached hydrogens (tertiary/aromatic N) is 1. The first-order valence-electron chi connectivity index (χ1n) is 9.08. The number of aliphatic hydroxyl groups excluding tert-OH is 1. The van der Waals surface area contributed by atoms with E-state index in [1.807, 2.05) is 24.3 Å². The van der Waals surface area contributed by atoms with Crippen molar-refractivity contribution >= 4 is 23.3 Å². The third-order valence-electron chi connectivity index (χ3n) is 3.90. The number of allylic oxidation sites excluding steroid dienone is 1. The van der Waals surface area contributed by atoms with Crippen molar-refractivity contribution in [2.75, 3.05) is 19.8 Å². The first-order valence-corrected chi connectivity index (χ1v) is 9.96. The second kappa shape index (κ2) is 12.3. The summed E-state index contributed by atoms with van der Waals surface area (Å²) in [6, 6.07) is 13.6. The molecule has 28 heavy (non-hydrogen) atoms. The molecular formula is C21H26FN3O2S. The number of unbranched alkanes of at least 4 members (excludes halogenated alkanes) is 2. The van der Waals surface area contributed by atoms with Gasteiger partial charge in [0.15, 0.2) is 0 Å². The number of aliphatic imine (C=N–C) groups is 1. The van der Waals surface area contributed by atoms with Crippen LogP contribution in [0.15, 0.2) is 70.2 Å². The lowest BCUT2D eigenvalue weighted by Crippen LogP contribution is -2.11. The molecule has 0 fully saturated rings.